The number of aromatic nitrogens is 2. The third kappa shape index (κ3) is 3.60. The highest BCUT2D eigenvalue weighted by Crippen LogP contribution is 2.29. The SMILES string of the molecule is Cc1cccc(NC(=O)Nc2ccc(-c3c(N)ccn3C)cc2F)n1. The Labute approximate surface area is 144 Å². The quantitative estimate of drug-likeness (QED) is 0.679. The molecule has 3 aromatic rings. The lowest BCUT2D eigenvalue weighted by atomic mass is 10.1. The third-order valence-electron chi connectivity index (χ3n) is 3.72. The van der Waals surface area contributed by atoms with Crippen LogP contribution in [0, 0.1) is 12.7 Å². The van der Waals surface area contributed by atoms with Gasteiger partial charge in [-0.15, -0.1) is 0 Å². The normalized spacial score (nSPS) is 10.5. The number of hydrogen-bond donors (Lipinski definition) is 3. The number of carbonyl (C=O) groups excluding carboxylic acids is 1. The van der Waals surface area contributed by atoms with Gasteiger partial charge >= 0.3 is 6.03 Å². The molecule has 0 saturated heterocycles. The van der Waals surface area contributed by atoms with Crippen LogP contribution in [0.15, 0.2) is 48.7 Å². The number of urea groups is 1. The molecule has 128 valence electrons. The molecule has 6 nitrogen and oxygen atoms in total. The Bertz CT molecular complexity index is 915. The second-order valence-corrected chi connectivity index (χ2v) is 5.67. The van der Waals surface area contributed by atoms with Gasteiger partial charge in [-0.1, -0.05) is 12.1 Å². The van der Waals surface area contributed by atoms with Crippen LogP contribution in [-0.2, 0) is 7.05 Å². The van der Waals surface area contributed by atoms with E-state index < -0.39 is 11.8 Å². The molecule has 1 aromatic carbocycles. The van der Waals surface area contributed by atoms with Crippen molar-refractivity contribution in [3.63, 3.8) is 0 Å². The molecule has 0 aliphatic carbocycles. The van der Waals surface area contributed by atoms with Gasteiger partial charge in [0.2, 0.25) is 0 Å². The number of pyridine rings is 1. The van der Waals surface area contributed by atoms with Crippen molar-refractivity contribution in [1.29, 1.82) is 0 Å². The highest BCUT2D eigenvalue weighted by atomic mass is 19.1. The van der Waals surface area contributed by atoms with Crippen LogP contribution in [0.25, 0.3) is 11.3 Å². The van der Waals surface area contributed by atoms with E-state index in [-0.39, 0.29) is 5.69 Å². The van der Waals surface area contributed by atoms with Gasteiger partial charge in [0.15, 0.2) is 0 Å². The van der Waals surface area contributed by atoms with E-state index >= 15 is 0 Å². The van der Waals surface area contributed by atoms with Crippen molar-refractivity contribution in [3.05, 3.63) is 60.2 Å². The van der Waals surface area contributed by atoms with Gasteiger partial charge in [0.25, 0.3) is 0 Å². The molecule has 25 heavy (non-hydrogen) atoms. The summed E-state index contributed by atoms with van der Waals surface area (Å²) in [6, 6.07) is 11.0. The van der Waals surface area contributed by atoms with Crippen LogP contribution < -0.4 is 16.4 Å². The minimum Gasteiger partial charge on any atom is -0.397 e. The molecule has 0 radical (unpaired) electrons. The fourth-order valence-electron chi connectivity index (χ4n) is 2.57. The zero-order chi connectivity index (χ0) is 18.0. The van der Waals surface area contributed by atoms with Gasteiger partial charge in [-0.05, 0) is 37.3 Å². The highest BCUT2D eigenvalue weighted by molar-refractivity contribution is 5.99. The summed E-state index contributed by atoms with van der Waals surface area (Å²) in [5.41, 5.74) is 8.67. The maximum Gasteiger partial charge on any atom is 0.324 e. The Balaban J connectivity index is 1.76. The van der Waals surface area contributed by atoms with Crippen LogP contribution in [0.2, 0.25) is 0 Å². The van der Waals surface area contributed by atoms with E-state index in [1.807, 2.05) is 24.6 Å². The maximum absolute atomic E-state index is 14.4. The molecule has 0 fully saturated rings. The zero-order valence-electron chi connectivity index (χ0n) is 13.9. The van der Waals surface area contributed by atoms with Crippen LogP contribution >= 0.6 is 0 Å². The van der Waals surface area contributed by atoms with Crippen molar-refractivity contribution in [1.82, 2.24) is 9.55 Å². The number of amides is 2. The number of aryl methyl sites for hydroxylation is 2. The molecule has 0 saturated carbocycles. The van der Waals surface area contributed by atoms with Crippen LogP contribution in [0.5, 0.6) is 0 Å². The Morgan fingerprint density at radius 1 is 1.20 bits per heavy atom. The zero-order valence-corrected chi connectivity index (χ0v) is 13.9. The standard InChI is InChI=1S/C18H18FN5O/c1-11-4-3-5-16(21-11)23-18(25)22-15-7-6-12(10-13(15)19)17-14(20)8-9-24(17)2/h3-10H,20H2,1-2H3,(H2,21,22,23,25). The summed E-state index contributed by atoms with van der Waals surface area (Å²) in [5, 5.41) is 5.04. The first kappa shape index (κ1) is 16.5. The number of halogens is 1. The molecule has 3 rings (SSSR count). The van der Waals surface area contributed by atoms with E-state index in [2.05, 4.69) is 15.6 Å². The Kier molecular flexibility index (Phi) is 4.38. The summed E-state index contributed by atoms with van der Waals surface area (Å²) >= 11 is 0. The Morgan fingerprint density at radius 2 is 2.00 bits per heavy atom. The topological polar surface area (TPSA) is 85.0 Å². The first-order valence-electron chi connectivity index (χ1n) is 7.66. The second-order valence-electron chi connectivity index (χ2n) is 5.67. The van der Waals surface area contributed by atoms with Crippen LogP contribution in [0.1, 0.15) is 5.69 Å². The van der Waals surface area contributed by atoms with Crippen molar-refractivity contribution < 1.29 is 9.18 Å². The number of hydrogen-bond acceptors (Lipinski definition) is 3. The molecule has 2 aromatic heterocycles. The van der Waals surface area contributed by atoms with Crippen molar-refractivity contribution >= 4 is 23.2 Å². The van der Waals surface area contributed by atoms with Gasteiger partial charge in [0, 0.05) is 24.5 Å². The molecule has 0 bridgehead atoms. The average molecular weight is 339 g/mol. The predicted octanol–water partition coefficient (Wildman–Crippen LogP) is 3.76. The lowest BCUT2D eigenvalue weighted by Gasteiger charge is -2.11. The molecule has 0 atom stereocenters. The lowest BCUT2D eigenvalue weighted by molar-refractivity contribution is 0.262. The van der Waals surface area contributed by atoms with Gasteiger partial charge < -0.3 is 15.6 Å². The number of carbonyl (C=O) groups is 1. The van der Waals surface area contributed by atoms with Gasteiger partial charge in [-0.2, -0.15) is 0 Å². The minimum absolute atomic E-state index is 0.0710. The van der Waals surface area contributed by atoms with E-state index in [0.717, 1.165) is 11.4 Å². The van der Waals surface area contributed by atoms with E-state index in [4.69, 9.17) is 5.73 Å². The van der Waals surface area contributed by atoms with Crippen LogP contribution in [0.4, 0.5) is 26.4 Å². The molecular formula is C18H18FN5O. The molecule has 2 heterocycles. The van der Waals surface area contributed by atoms with Crippen molar-refractivity contribution in [2.75, 3.05) is 16.4 Å². The lowest BCUT2D eigenvalue weighted by Crippen LogP contribution is -2.20. The molecular weight excluding hydrogens is 321 g/mol. The number of nitrogens with two attached hydrogens (primary N) is 1. The molecule has 7 heteroatoms. The van der Waals surface area contributed by atoms with Gasteiger partial charge in [-0.25, -0.2) is 14.2 Å². The van der Waals surface area contributed by atoms with Gasteiger partial charge in [-0.3, -0.25) is 5.32 Å². The highest BCUT2D eigenvalue weighted by Gasteiger charge is 2.12. The second kappa shape index (κ2) is 6.64. The molecule has 0 spiro atoms. The summed E-state index contributed by atoms with van der Waals surface area (Å²) in [6.07, 6.45) is 1.80. The number of nitrogens with one attached hydrogen (secondary N) is 2. The predicted molar refractivity (Wildman–Crippen MR) is 96.8 cm³/mol. The van der Waals surface area contributed by atoms with Crippen molar-refractivity contribution in [3.8, 4) is 11.3 Å². The summed E-state index contributed by atoms with van der Waals surface area (Å²) in [6.45, 7) is 1.82. The fourth-order valence-corrected chi connectivity index (χ4v) is 2.57. The third-order valence-corrected chi connectivity index (χ3v) is 3.72. The molecule has 0 aliphatic rings. The number of nitrogen functional groups attached to an aromatic ring is 1. The maximum atomic E-state index is 14.4. The van der Waals surface area contributed by atoms with Crippen molar-refractivity contribution in [2.24, 2.45) is 7.05 Å². The summed E-state index contributed by atoms with van der Waals surface area (Å²) in [5.74, 6) is -0.156. The average Bonchev–Trinajstić information content (AvgIpc) is 2.88. The summed E-state index contributed by atoms with van der Waals surface area (Å²) < 4.78 is 16.2. The smallest absolute Gasteiger partial charge is 0.324 e. The van der Waals surface area contributed by atoms with Gasteiger partial charge in [0.1, 0.15) is 11.6 Å². The first-order valence-corrected chi connectivity index (χ1v) is 7.66. The Morgan fingerprint density at radius 3 is 2.64 bits per heavy atom. The fraction of sp³-hybridized carbons (Fsp3) is 0.111. The summed E-state index contributed by atoms with van der Waals surface area (Å²) in [4.78, 5) is 16.2. The number of benzene rings is 1. The molecule has 0 aliphatic heterocycles. The van der Waals surface area contributed by atoms with E-state index in [0.29, 0.717) is 17.1 Å². The number of nitrogens with zero attached hydrogens (tertiary/aromatic N) is 2. The summed E-state index contributed by atoms with van der Waals surface area (Å²) in [7, 11) is 1.83. The van der Waals surface area contributed by atoms with E-state index in [9.17, 15) is 9.18 Å². The minimum atomic E-state index is -0.567. The Hall–Kier alpha value is -3.35. The monoisotopic (exact) mass is 339 g/mol. The largest absolute Gasteiger partial charge is 0.397 e. The number of anilines is 3. The molecule has 2 amide bonds. The molecule has 4 N–H and O–H groups in total. The van der Waals surface area contributed by atoms with Gasteiger partial charge in [0.05, 0.1) is 17.1 Å². The van der Waals surface area contributed by atoms with Crippen LogP contribution in [-0.4, -0.2) is 15.6 Å². The van der Waals surface area contributed by atoms with Crippen LogP contribution in [0.3, 0.4) is 0 Å². The first-order chi connectivity index (χ1) is 11.9. The number of rotatable bonds is 3. The van der Waals surface area contributed by atoms with E-state index in [1.54, 1.807) is 30.5 Å². The van der Waals surface area contributed by atoms with E-state index in [1.165, 1.54) is 12.1 Å². The molecule has 0 unspecified atom stereocenters. The van der Waals surface area contributed by atoms with Crippen molar-refractivity contribution in [2.45, 2.75) is 6.92 Å².